The number of ether oxygens (including phenoxy) is 1. The molecule has 0 saturated heterocycles. The number of carbonyl (C=O) groups is 1. The van der Waals surface area contributed by atoms with Crippen LogP contribution < -0.4 is 16.8 Å². The first kappa shape index (κ1) is 15.3. The number of nitrogens with two attached hydrogens (primary N) is 2. The maximum absolute atomic E-state index is 11.3. The summed E-state index contributed by atoms with van der Waals surface area (Å²) in [4.78, 5) is 13.3. The van der Waals surface area contributed by atoms with Crippen molar-refractivity contribution in [3.63, 3.8) is 0 Å². The molecule has 0 aromatic heterocycles. The van der Waals surface area contributed by atoms with Crippen molar-refractivity contribution in [2.45, 2.75) is 0 Å². The van der Waals surface area contributed by atoms with Gasteiger partial charge in [-0.2, -0.15) is 0 Å². The number of likely N-dealkylation sites (N-methyl/N-ethyl adjacent to an activating group) is 1. The molecule has 0 aliphatic heterocycles. The molecule has 6 heteroatoms. The van der Waals surface area contributed by atoms with E-state index in [1.807, 2.05) is 19.0 Å². The first-order chi connectivity index (χ1) is 9.02. The summed E-state index contributed by atoms with van der Waals surface area (Å²) in [5.74, 6) is -0.497. The summed E-state index contributed by atoms with van der Waals surface area (Å²) in [5, 5.41) is 3.09. The van der Waals surface area contributed by atoms with Crippen LogP contribution in [0.1, 0.15) is 10.4 Å². The highest BCUT2D eigenvalue weighted by molar-refractivity contribution is 6.01. The van der Waals surface area contributed by atoms with Crippen molar-refractivity contribution in [1.29, 1.82) is 0 Å². The van der Waals surface area contributed by atoms with Crippen LogP contribution >= 0.6 is 0 Å². The van der Waals surface area contributed by atoms with E-state index in [2.05, 4.69) is 5.32 Å². The number of primary amides is 1. The molecule has 0 spiro atoms. The van der Waals surface area contributed by atoms with Crippen LogP contribution in [-0.2, 0) is 4.74 Å². The lowest BCUT2D eigenvalue weighted by atomic mass is 10.1. The Kier molecular flexibility index (Phi) is 6.11. The minimum atomic E-state index is -0.497. The molecular weight excluding hydrogens is 244 g/mol. The molecule has 5 N–H and O–H groups in total. The van der Waals surface area contributed by atoms with Gasteiger partial charge >= 0.3 is 0 Å². The Balaban J connectivity index is 2.43. The highest BCUT2D eigenvalue weighted by Gasteiger charge is 2.09. The molecule has 6 nitrogen and oxygen atoms in total. The summed E-state index contributed by atoms with van der Waals surface area (Å²) in [5.41, 5.74) is 12.6. The third kappa shape index (κ3) is 5.15. The minimum Gasteiger partial charge on any atom is -0.397 e. The van der Waals surface area contributed by atoms with Crippen LogP contribution in [0.25, 0.3) is 0 Å². The van der Waals surface area contributed by atoms with Gasteiger partial charge in [-0.05, 0) is 26.2 Å². The smallest absolute Gasteiger partial charge is 0.250 e. The average molecular weight is 266 g/mol. The fraction of sp³-hybridized carbons (Fsp3) is 0.462. The van der Waals surface area contributed by atoms with Crippen molar-refractivity contribution in [3.05, 3.63) is 23.8 Å². The zero-order chi connectivity index (χ0) is 14.3. The van der Waals surface area contributed by atoms with Crippen molar-refractivity contribution < 1.29 is 9.53 Å². The van der Waals surface area contributed by atoms with Crippen molar-refractivity contribution in [2.75, 3.05) is 51.4 Å². The molecule has 1 amide bonds. The van der Waals surface area contributed by atoms with Gasteiger partial charge in [-0.3, -0.25) is 4.79 Å². The van der Waals surface area contributed by atoms with Crippen LogP contribution in [0.2, 0.25) is 0 Å². The third-order valence-electron chi connectivity index (χ3n) is 2.59. The fourth-order valence-corrected chi connectivity index (χ4v) is 1.57. The van der Waals surface area contributed by atoms with E-state index in [4.69, 9.17) is 16.2 Å². The zero-order valence-electron chi connectivity index (χ0n) is 11.5. The van der Waals surface area contributed by atoms with Gasteiger partial charge in [0.05, 0.1) is 30.2 Å². The summed E-state index contributed by atoms with van der Waals surface area (Å²) in [6.07, 6.45) is 0. The highest BCUT2D eigenvalue weighted by atomic mass is 16.5. The molecule has 0 saturated carbocycles. The number of benzene rings is 1. The lowest BCUT2D eigenvalue weighted by Gasteiger charge is -2.13. The number of para-hydroxylation sites is 1. The number of carbonyl (C=O) groups excluding carboxylic acids is 1. The summed E-state index contributed by atoms with van der Waals surface area (Å²) in [6, 6.07) is 5.07. The first-order valence-electron chi connectivity index (χ1n) is 6.17. The molecule has 0 unspecified atom stereocenters. The average Bonchev–Trinajstić information content (AvgIpc) is 2.34. The lowest BCUT2D eigenvalue weighted by Crippen LogP contribution is -2.21. The molecule has 0 radical (unpaired) electrons. The van der Waals surface area contributed by atoms with Gasteiger partial charge in [0.15, 0.2) is 0 Å². The second-order valence-corrected chi connectivity index (χ2v) is 4.48. The summed E-state index contributed by atoms with van der Waals surface area (Å²) >= 11 is 0. The van der Waals surface area contributed by atoms with Gasteiger partial charge < -0.3 is 26.4 Å². The standard InChI is InChI=1S/C13H22N4O2/c1-17(2)7-9-19-8-6-16-12-10(13(15)18)4-3-5-11(12)14/h3-5,16H,6-9,14H2,1-2H3,(H2,15,18). The van der Waals surface area contributed by atoms with Crippen molar-refractivity contribution in [3.8, 4) is 0 Å². The second kappa shape index (κ2) is 7.60. The van der Waals surface area contributed by atoms with E-state index < -0.39 is 5.91 Å². The number of nitrogens with one attached hydrogen (secondary N) is 1. The fourth-order valence-electron chi connectivity index (χ4n) is 1.57. The van der Waals surface area contributed by atoms with Crippen molar-refractivity contribution >= 4 is 17.3 Å². The van der Waals surface area contributed by atoms with Crippen LogP contribution in [0.3, 0.4) is 0 Å². The molecule has 0 heterocycles. The van der Waals surface area contributed by atoms with E-state index in [0.29, 0.717) is 36.7 Å². The molecule has 1 rings (SSSR count). The largest absolute Gasteiger partial charge is 0.397 e. The number of rotatable bonds is 8. The number of amides is 1. The maximum Gasteiger partial charge on any atom is 0.250 e. The lowest BCUT2D eigenvalue weighted by molar-refractivity contribution is 0.100. The number of hydrogen-bond acceptors (Lipinski definition) is 5. The van der Waals surface area contributed by atoms with Gasteiger partial charge in [-0.25, -0.2) is 0 Å². The molecule has 0 aliphatic carbocycles. The quantitative estimate of drug-likeness (QED) is 0.466. The van der Waals surface area contributed by atoms with Gasteiger partial charge in [-0.15, -0.1) is 0 Å². The molecule has 0 atom stereocenters. The first-order valence-corrected chi connectivity index (χ1v) is 6.17. The Morgan fingerprint density at radius 3 is 2.74 bits per heavy atom. The van der Waals surface area contributed by atoms with Crippen molar-refractivity contribution in [2.24, 2.45) is 5.73 Å². The monoisotopic (exact) mass is 266 g/mol. The Morgan fingerprint density at radius 2 is 2.11 bits per heavy atom. The summed E-state index contributed by atoms with van der Waals surface area (Å²) in [6.45, 7) is 2.66. The summed E-state index contributed by atoms with van der Waals surface area (Å²) in [7, 11) is 3.98. The molecule has 0 bridgehead atoms. The third-order valence-corrected chi connectivity index (χ3v) is 2.59. The predicted molar refractivity (Wildman–Crippen MR) is 77.2 cm³/mol. The summed E-state index contributed by atoms with van der Waals surface area (Å²) < 4.78 is 5.45. The maximum atomic E-state index is 11.3. The molecule has 0 aliphatic rings. The number of anilines is 2. The predicted octanol–water partition coefficient (Wildman–Crippen LogP) is 0.358. The normalized spacial score (nSPS) is 10.7. The molecular formula is C13H22N4O2. The number of nitrogen functional groups attached to an aromatic ring is 1. The Labute approximate surface area is 113 Å². The molecule has 106 valence electrons. The van der Waals surface area contributed by atoms with E-state index >= 15 is 0 Å². The molecule has 1 aromatic rings. The van der Waals surface area contributed by atoms with Gasteiger partial charge in [-0.1, -0.05) is 6.07 Å². The van der Waals surface area contributed by atoms with Crippen LogP contribution in [0, 0.1) is 0 Å². The van der Waals surface area contributed by atoms with Gasteiger partial charge in [0.2, 0.25) is 0 Å². The molecule has 1 aromatic carbocycles. The Morgan fingerprint density at radius 1 is 1.37 bits per heavy atom. The van der Waals surface area contributed by atoms with E-state index in [-0.39, 0.29) is 0 Å². The van der Waals surface area contributed by atoms with E-state index in [0.717, 1.165) is 6.54 Å². The highest BCUT2D eigenvalue weighted by Crippen LogP contribution is 2.22. The Hall–Kier alpha value is -1.79. The van der Waals surface area contributed by atoms with Crippen LogP contribution in [0.4, 0.5) is 11.4 Å². The van der Waals surface area contributed by atoms with Crippen LogP contribution in [0.15, 0.2) is 18.2 Å². The van der Waals surface area contributed by atoms with E-state index in [1.54, 1.807) is 18.2 Å². The second-order valence-electron chi connectivity index (χ2n) is 4.48. The molecule has 0 fully saturated rings. The van der Waals surface area contributed by atoms with Gasteiger partial charge in [0.25, 0.3) is 5.91 Å². The van der Waals surface area contributed by atoms with E-state index in [9.17, 15) is 4.79 Å². The topological polar surface area (TPSA) is 93.6 Å². The SMILES string of the molecule is CN(C)CCOCCNc1c(N)cccc1C(N)=O. The van der Waals surface area contributed by atoms with E-state index in [1.165, 1.54) is 0 Å². The molecule has 19 heavy (non-hydrogen) atoms. The minimum absolute atomic E-state index is 0.397. The number of hydrogen-bond donors (Lipinski definition) is 3. The van der Waals surface area contributed by atoms with Gasteiger partial charge in [0.1, 0.15) is 0 Å². The zero-order valence-corrected chi connectivity index (χ0v) is 11.5. The number of nitrogens with zero attached hydrogens (tertiary/aromatic N) is 1. The van der Waals surface area contributed by atoms with Crippen LogP contribution in [-0.4, -0.2) is 51.2 Å². The van der Waals surface area contributed by atoms with Crippen LogP contribution in [0.5, 0.6) is 0 Å². The van der Waals surface area contributed by atoms with Crippen molar-refractivity contribution in [1.82, 2.24) is 4.90 Å². The Bertz CT molecular complexity index is 421. The van der Waals surface area contributed by atoms with Gasteiger partial charge in [0, 0.05) is 13.1 Å².